The van der Waals surface area contributed by atoms with Crippen LogP contribution in [0.1, 0.15) is 16.5 Å². The molecular formula is C17H19NO3S. The largest absolute Gasteiger partial charge is 0.496 e. The van der Waals surface area contributed by atoms with E-state index in [0.717, 1.165) is 16.2 Å². The number of para-hydroxylation sites is 1. The van der Waals surface area contributed by atoms with Crippen molar-refractivity contribution in [1.29, 1.82) is 0 Å². The molecule has 1 aromatic heterocycles. The van der Waals surface area contributed by atoms with E-state index in [1.54, 1.807) is 31.6 Å². The summed E-state index contributed by atoms with van der Waals surface area (Å²) in [6.07, 6.45) is 3.07. The van der Waals surface area contributed by atoms with Crippen molar-refractivity contribution >= 4 is 23.3 Å². The summed E-state index contributed by atoms with van der Waals surface area (Å²) in [5, 5.41) is 4.82. The van der Waals surface area contributed by atoms with Gasteiger partial charge in [-0.2, -0.15) is 0 Å². The molecule has 1 aromatic carbocycles. The van der Waals surface area contributed by atoms with Gasteiger partial charge in [0.25, 0.3) is 0 Å². The minimum absolute atomic E-state index is 0.148. The molecule has 0 aliphatic heterocycles. The SMILES string of the molecule is COc1ccccc1[C@H](CNC(=O)/C=C/c1cccs1)OC. The number of hydrogen-bond donors (Lipinski definition) is 1. The molecule has 0 saturated carbocycles. The maximum Gasteiger partial charge on any atom is 0.244 e. The van der Waals surface area contributed by atoms with Crippen molar-refractivity contribution in [3.63, 3.8) is 0 Å². The van der Waals surface area contributed by atoms with Crippen molar-refractivity contribution in [2.45, 2.75) is 6.10 Å². The maximum absolute atomic E-state index is 11.9. The second-order valence-corrected chi connectivity index (χ2v) is 5.54. The molecule has 0 fully saturated rings. The molecule has 0 radical (unpaired) electrons. The molecule has 0 bridgehead atoms. The number of carbonyl (C=O) groups is 1. The van der Waals surface area contributed by atoms with E-state index in [-0.39, 0.29) is 12.0 Å². The van der Waals surface area contributed by atoms with Crippen LogP contribution in [0.3, 0.4) is 0 Å². The van der Waals surface area contributed by atoms with Gasteiger partial charge in [0.15, 0.2) is 0 Å². The predicted octanol–water partition coefficient (Wildman–Crippen LogP) is 3.27. The zero-order valence-electron chi connectivity index (χ0n) is 12.6. The third-order valence-electron chi connectivity index (χ3n) is 3.17. The minimum Gasteiger partial charge on any atom is -0.496 e. The van der Waals surface area contributed by atoms with Crippen LogP contribution in [-0.4, -0.2) is 26.7 Å². The number of thiophene rings is 1. The molecule has 5 heteroatoms. The van der Waals surface area contributed by atoms with Crippen molar-refractivity contribution in [2.75, 3.05) is 20.8 Å². The van der Waals surface area contributed by atoms with Crippen molar-refractivity contribution < 1.29 is 14.3 Å². The van der Waals surface area contributed by atoms with E-state index < -0.39 is 0 Å². The van der Waals surface area contributed by atoms with Crippen LogP contribution in [0.2, 0.25) is 0 Å². The zero-order valence-corrected chi connectivity index (χ0v) is 13.4. The summed E-state index contributed by atoms with van der Waals surface area (Å²) >= 11 is 1.59. The highest BCUT2D eigenvalue weighted by molar-refractivity contribution is 7.10. The number of amides is 1. The Morgan fingerprint density at radius 1 is 1.27 bits per heavy atom. The van der Waals surface area contributed by atoms with Gasteiger partial charge < -0.3 is 14.8 Å². The highest BCUT2D eigenvalue weighted by Gasteiger charge is 2.15. The van der Waals surface area contributed by atoms with Gasteiger partial charge in [0.05, 0.1) is 7.11 Å². The number of hydrogen-bond acceptors (Lipinski definition) is 4. The number of carbonyl (C=O) groups excluding carboxylic acids is 1. The number of benzene rings is 1. The lowest BCUT2D eigenvalue weighted by molar-refractivity contribution is -0.117. The molecule has 2 rings (SSSR count). The first kappa shape index (κ1) is 16.3. The fourth-order valence-corrected chi connectivity index (χ4v) is 2.67. The lowest BCUT2D eigenvalue weighted by atomic mass is 10.1. The first-order valence-corrected chi connectivity index (χ1v) is 7.77. The van der Waals surface area contributed by atoms with Crippen molar-refractivity contribution in [1.82, 2.24) is 5.32 Å². The van der Waals surface area contributed by atoms with E-state index in [9.17, 15) is 4.79 Å². The van der Waals surface area contributed by atoms with Gasteiger partial charge in [-0.25, -0.2) is 0 Å². The Kier molecular flexibility index (Phi) is 6.18. The normalized spacial score (nSPS) is 12.3. The fourth-order valence-electron chi connectivity index (χ4n) is 2.05. The van der Waals surface area contributed by atoms with E-state index >= 15 is 0 Å². The molecule has 1 N–H and O–H groups in total. The molecule has 2 aromatic rings. The van der Waals surface area contributed by atoms with E-state index in [2.05, 4.69) is 5.32 Å². The summed E-state index contributed by atoms with van der Waals surface area (Å²) < 4.78 is 10.8. The second-order valence-electron chi connectivity index (χ2n) is 4.56. The lowest BCUT2D eigenvalue weighted by Gasteiger charge is -2.18. The van der Waals surface area contributed by atoms with Crippen molar-refractivity contribution in [3.8, 4) is 5.75 Å². The molecule has 1 amide bonds. The van der Waals surface area contributed by atoms with Crippen LogP contribution in [0.5, 0.6) is 5.75 Å². The van der Waals surface area contributed by atoms with E-state index in [0.29, 0.717) is 6.54 Å². The Labute approximate surface area is 134 Å². The van der Waals surface area contributed by atoms with Gasteiger partial charge in [-0.15, -0.1) is 11.3 Å². The Morgan fingerprint density at radius 2 is 2.09 bits per heavy atom. The van der Waals surface area contributed by atoms with Crippen molar-refractivity contribution in [3.05, 3.63) is 58.3 Å². The number of ether oxygens (including phenoxy) is 2. The van der Waals surface area contributed by atoms with Crippen LogP contribution >= 0.6 is 11.3 Å². The molecule has 0 aliphatic carbocycles. The number of methoxy groups -OCH3 is 2. The summed E-state index contributed by atoms with van der Waals surface area (Å²) in [6, 6.07) is 11.5. The molecule has 0 unspecified atom stereocenters. The summed E-state index contributed by atoms with van der Waals surface area (Å²) in [5.74, 6) is 0.600. The van der Waals surface area contributed by atoms with Crippen LogP contribution in [0.4, 0.5) is 0 Å². The van der Waals surface area contributed by atoms with Crippen LogP contribution in [0, 0.1) is 0 Å². The first-order valence-electron chi connectivity index (χ1n) is 6.89. The van der Waals surface area contributed by atoms with Gasteiger partial charge in [0.1, 0.15) is 11.9 Å². The van der Waals surface area contributed by atoms with Gasteiger partial charge in [-0.1, -0.05) is 24.3 Å². The standard InChI is InChI=1S/C17H19NO3S/c1-20-15-8-4-3-7-14(15)16(21-2)12-18-17(19)10-9-13-6-5-11-22-13/h3-11,16H,12H2,1-2H3,(H,18,19)/b10-9+/t16-/m0/s1. The van der Waals surface area contributed by atoms with Gasteiger partial charge in [0.2, 0.25) is 5.91 Å². The second kappa shape index (κ2) is 8.36. The summed E-state index contributed by atoms with van der Waals surface area (Å²) in [5.41, 5.74) is 0.912. The monoisotopic (exact) mass is 317 g/mol. The smallest absolute Gasteiger partial charge is 0.244 e. The average molecular weight is 317 g/mol. The molecule has 116 valence electrons. The van der Waals surface area contributed by atoms with Crippen LogP contribution in [-0.2, 0) is 9.53 Å². The highest BCUT2D eigenvalue weighted by Crippen LogP contribution is 2.26. The first-order chi connectivity index (χ1) is 10.7. The van der Waals surface area contributed by atoms with Crippen LogP contribution < -0.4 is 10.1 Å². The third kappa shape index (κ3) is 4.44. The van der Waals surface area contributed by atoms with Crippen LogP contribution in [0.25, 0.3) is 6.08 Å². The van der Waals surface area contributed by atoms with E-state index in [4.69, 9.17) is 9.47 Å². The Morgan fingerprint density at radius 3 is 2.77 bits per heavy atom. The maximum atomic E-state index is 11.9. The molecule has 4 nitrogen and oxygen atoms in total. The quantitative estimate of drug-likeness (QED) is 0.797. The van der Waals surface area contributed by atoms with Crippen molar-refractivity contribution in [2.24, 2.45) is 0 Å². The van der Waals surface area contributed by atoms with Crippen LogP contribution in [0.15, 0.2) is 47.9 Å². The molecule has 1 heterocycles. The molecule has 0 aliphatic rings. The van der Waals surface area contributed by atoms with Gasteiger partial charge in [-0.05, 0) is 23.6 Å². The highest BCUT2D eigenvalue weighted by atomic mass is 32.1. The number of nitrogens with one attached hydrogen (secondary N) is 1. The third-order valence-corrected chi connectivity index (χ3v) is 4.01. The van der Waals surface area contributed by atoms with E-state index in [1.165, 1.54) is 6.08 Å². The minimum atomic E-state index is -0.254. The predicted molar refractivity (Wildman–Crippen MR) is 89.1 cm³/mol. The molecular weight excluding hydrogens is 298 g/mol. The number of rotatable bonds is 7. The lowest BCUT2D eigenvalue weighted by Crippen LogP contribution is -2.27. The summed E-state index contributed by atoms with van der Waals surface area (Å²) in [7, 11) is 3.23. The molecule has 0 spiro atoms. The average Bonchev–Trinajstić information content (AvgIpc) is 3.07. The summed E-state index contributed by atoms with van der Waals surface area (Å²) in [4.78, 5) is 12.9. The molecule has 0 saturated heterocycles. The topological polar surface area (TPSA) is 47.6 Å². The van der Waals surface area contributed by atoms with Gasteiger partial charge in [-0.3, -0.25) is 4.79 Å². The van der Waals surface area contributed by atoms with Gasteiger partial charge >= 0.3 is 0 Å². The Balaban J connectivity index is 1.94. The Bertz CT molecular complexity index is 623. The Hall–Kier alpha value is -2.11. The van der Waals surface area contributed by atoms with E-state index in [1.807, 2.05) is 41.8 Å². The zero-order chi connectivity index (χ0) is 15.8. The fraction of sp³-hybridized carbons (Fsp3) is 0.235. The summed E-state index contributed by atoms with van der Waals surface area (Å²) in [6.45, 7) is 0.379. The molecule has 1 atom stereocenters. The molecule has 22 heavy (non-hydrogen) atoms. The van der Waals surface area contributed by atoms with Gasteiger partial charge in [0, 0.05) is 30.2 Å².